The first-order chi connectivity index (χ1) is 10.0. The minimum absolute atomic E-state index is 0.0132. The van der Waals surface area contributed by atoms with Crippen molar-refractivity contribution >= 4 is 17.5 Å². The molecular formula is C14H25N5O2. The van der Waals surface area contributed by atoms with Crippen LogP contribution in [0.5, 0.6) is 0 Å². The van der Waals surface area contributed by atoms with Gasteiger partial charge in [0.2, 0.25) is 5.91 Å². The zero-order valence-electron chi connectivity index (χ0n) is 13.4. The van der Waals surface area contributed by atoms with Crippen molar-refractivity contribution in [2.24, 2.45) is 5.92 Å². The Kier molecular flexibility index (Phi) is 6.87. The molecule has 0 saturated heterocycles. The fourth-order valence-electron chi connectivity index (χ4n) is 1.90. The standard InChI is InChI=1S/C14H25N5O2/c1-6-21-9-12-17-11(15-3)7-13(18-12)19(5)8-10(2)14(20)16-4/h7,10H,6,8-9H2,1-5H3,(H,16,20)(H,15,17,18). The Morgan fingerprint density at radius 1 is 1.43 bits per heavy atom. The number of nitrogens with one attached hydrogen (secondary N) is 2. The summed E-state index contributed by atoms with van der Waals surface area (Å²) >= 11 is 0. The first-order valence-electron chi connectivity index (χ1n) is 7.08. The highest BCUT2D eigenvalue weighted by atomic mass is 16.5. The quantitative estimate of drug-likeness (QED) is 0.741. The number of nitrogens with zero attached hydrogens (tertiary/aromatic N) is 3. The number of amides is 1. The van der Waals surface area contributed by atoms with Gasteiger partial charge in [-0.3, -0.25) is 4.79 Å². The molecule has 7 heteroatoms. The van der Waals surface area contributed by atoms with E-state index < -0.39 is 0 Å². The van der Waals surface area contributed by atoms with Crippen molar-refractivity contribution in [1.82, 2.24) is 15.3 Å². The molecule has 1 rings (SSSR count). The predicted molar refractivity (Wildman–Crippen MR) is 83.4 cm³/mol. The Labute approximate surface area is 126 Å². The zero-order chi connectivity index (χ0) is 15.8. The van der Waals surface area contributed by atoms with E-state index >= 15 is 0 Å². The summed E-state index contributed by atoms with van der Waals surface area (Å²) in [4.78, 5) is 22.4. The summed E-state index contributed by atoms with van der Waals surface area (Å²) in [5.41, 5.74) is 0. The lowest BCUT2D eigenvalue weighted by molar-refractivity contribution is -0.123. The third kappa shape index (κ3) is 5.18. The molecule has 0 saturated carbocycles. The molecule has 118 valence electrons. The van der Waals surface area contributed by atoms with E-state index in [1.165, 1.54) is 0 Å². The number of rotatable bonds is 8. The van der Waals surface area contributed by atoms with Crippen molar-refractivity contribution in [3.05, 3.63) is 11.9 Å². The van der Waals surface area contributed by atoms with E-state index in [2.05, 4.69) is 20.6 Å². The van der Waals surface area contributed by atoms with Gasteiger partial charge in [0.05, 0.1) is 5.92 Å². The molecule has 1 aromatic heterocycles. The van der Waals surface area contributed by atoms with E-state index in [0.717, 1.165) is 11.6 Å². The number of hydrogen-bond acceptors (Lipinski definition) is 6. The lowest BCUT2D eigenvalue weighted by Gasteiger charge is -2.22. The highest BCUT2D eigenvalue weighted by Crippen LogP contribution is 2.16. The number of anilines is 2. The van der Waals surface area contributed by atoms with Gasteiger partial charge in [-0.1, -0.05) is 6.92 Å². The number of ether oxygens (including phenoxy) is 1. The molecule has 1 aromatic rings. The van der Waals surface area contributed by atoms with Gasteiger partial charge in [-0.2, -0.15) is 0 Å². The van der Waals surface area contributed by atoms with E-state index in [9.17, 15) is 4.79 Å². The molecule has 0 fully saturated rings. The normalized spacial score (nSPS) is 11.9. The van der Waals surface area contributed by atoms with Crippen molar-refractivity contribution in [3.63, 3.8) is 0 Å². The van der Waals surface area contributed by atoms with Crippen molar-refractivity contribution in [2.75, 3.05) is 44.5 Å². The van der Waals surface area contributed by atoms with E-state index in [1.807, 2.05) is 38.9 Å². The van der Waals surface area contributed by atoms with Crippen LogP contribution < -0.4 is 15.5 Å². The molecule has 0 bridgehead atoms. The molecule has 0 aromatic carbocycles. The summed E-state index contributed by atoms with van der Waals surface area (Å²) in [6.45, 7) is 5.38. The molecule has 2 N–H and O–H groups in total. The second kappa shape index (κ2) is 8.41. The lowest BCUT2D eigenvalue weighted by atomic mass is 10.1. The monoisotopic (exact) mass is 295 g/mol. The fourth-order valence-corrected chi connectivity index (χ4v) is 1.90. The molecule has 7 nitrogen and oxygen atoms in total. The van der Waals surface area contributed by atoms with Crippen LogP contribution in [0.15, 0.2) is 6.07 Å². The van der Waals surface area contributed by atoms with E-state index in [-0.39, 0.29) is 11.8 Å². The molecule has 1 heterocycles. The van der Waals surface area contributed by atoms with E-state index in [1.54, 1.807) is 7.05 Å². The summed E-state index contributed by atoms with van der Waals surface area (Å²) in [5, 5.41) is 5.67. The Morgan fingerprint density at radius 3 is 2.71 bits per heavy atom. The maximum atomic E-state index is 11.6. The number of hydrogen-bond donors (Lipinski definition) is 2. The summed E-state index contributed by atoms with van der Waals surface area (Å²) < 4.78 is 5.36. The molecule has 0 aliphatic carbocycles. The summed E-state index contributed by atoms with van der Waals surface area (Å²) in [7, 11) is 5.36. The SMILES string of the molecule is CCOCc1nc(NC)cc(N(C)CC(C)C(=O)NC)n1. The average Bonchev–Trinajstić information content (AvgIpc) is 2.51. The molecule has 1 unspecified atom stereocenters. The predicted octanol–water partition coefficient (Wildman–Crippen LogP) is 0.873. The number of carbonyl (C=O) groups is 1. The van der Waals surface area contributed by atoms with Crippen LogP contribution in [-0.2, 0) is 16.1 Å². The molecular weight excluding hydrogens is 270 g/mol. The van der Waals surface area contributed by atoms with Gasteiger partial charge < -0.3 is 20.3 Å². The van der Waals surface area contributed by atoms with Crippen LogP contribution in [0.1, 0.15) is 19.7 Å². The summed E-state index contributed by atoms with van der Waals surface area (Å²) in [6.07, 6.45) is 0. The molecule has 21 heavy (non-hydrogen) atoms. The third-order valence-corrected chi connectivity index (χ3v) is 3.08. The van der Waals surface area contributed by atoms with Crippen LogP contribution >= 0.6 is 0 Å². The molecule has 1 amide bonds. The average molecular weight is 295 g/mol. The fraction of sp³-hybridized carbons (Fsp3) is 0.643. The van der Waals surface area contributed by atoms with Gasteiger partial charge in [0.15, 0.2) is 5.82 Å². The molecule has 1 atom stereocenters. The highest BCUT2D eigenvalue weighted by Gasteiger charge is 2.16. The van der Waals surface area contributed by atoms with E-state index in [0.29, 0.717) is 25.6 Å². The second-order valence-corrected chi connectivity index (χ2v) is 4.81. The van der Waals surface area contributed by atoms with Gasteiger partial charge in [0, 0.05) is 40.4 Å². The highest BCUT2D eigenvalue weighted by molar-refractivity contribution is 5.78. The minimum Gasteiger partial charge on any atom is -0.374 e. The second-order valence-electron chi connectivity index (χ2n) is 4.81. The molecule has 0 aliphatic heterocycles. The maximum absolute atomic E-state index is 11.6. The minimum atomic E-state index is -0.122. The van der Waals surface area contributed by atoms with E-state index in [4.69, 9.17) is 4.74 Å². The Bertz CT molecular complexity index is 467. The van der Waals surface area contributed by atoms with Crippen molar-refractivity contribution in [2.45, 2.75) is 20.5 Å². The van der Waals surface area contributed by atoms with Crippen LogP contribution in [0.3, 0.4) is 0 Å². The van der Waals surface area contributed by atoms with Gasteiger partial charge in [0.1, 0.15) is 18.2 Å². The van der Waals surface area contributed by atoms with Gasteiger partial charge in [0.25, 0.3) is 0 Å². The topological polar surface area (TPSA) is 79.4 Å². The largest absolute Gasteiger partial charge is 0.374 e. The van der Waals surface area contributed by atoms with Crippen LogP contribution in [0.25, 0.3) is 0 Å². The van der Waals surface area contributed by atoms with Gasteiger partial charge >= 0.3 is 0 Å². The van der Waals surface area contributed by atoms with Crippen LogP contribution in [0.4, 0.5) is 11.6 Å². The Balaban J connectivity index is 2.86. The lowest BCUT2D eigenvalue weighted by Crippen LogP contribution is -2.34. The Morgan fingerprint density at radius 2 is 2.14 bits per heavy atom. The molecule has 0 radical (unpaired) electrons. The smallest absolute Gasteiger partial charge is 0.224 e. The summed E-state index contributed by atoms with van der Waals surface area (Å²) in [5.74, 6) is 2.01. The molecule has 0 spiro atoms. The zero-order valence-corrected chi connectivity index (χ0v) is 13.4. The number of carbonyl (C=O) groups excluding carboxylic acids is 1. The summed E-state index contributed by atoms with van der Waals surface area (Å²) in [6, 6.07) is 1.85. The van der Waals surface area contributed by atoms with Crippen molar-refractivity contribution in [3.8, 4) is 0 Å². The van der Waals surface area contributed by atoms with Crippen LogP contribution in [-0.4, -0.2) is 50.2 Å². The number of aromatic nitrogens is 2. The Hall–Kier alpha value is -1.89. The van der Waals surface area contributed by atoms with Crippen molar-refractivity contribution < 1.29 is 9.53 Å². The first kappa shape index (κ1) is 17.2. The van der Waals surface area contributed by atoms with Gasteiger partial charge in [-0.15, -0.1) is 0 Å². The van der Waals surface area contributed by atoms with Gasteiger partial charge in [-0.25, -0.2) is 9.97 Å². The first-order valence-corrected chi connectivity index (χ1v) is 7.08. The van der Waals surface area contributed by atoms with Crippen LogP contribution in [0, 0.1) is 5.92 Å². The van der Waals surface area contributed by atoms with Crippen molar-refractivity contribution in [1.29, 1.82) is 0 Å². The maximum Gasteiger partial charge on any atom is 0.224 e. The third-order valence-electron chi connectivity index (χ3n) is 3.08. The van der Waals surface area contributed by atoms with Gasteiger partial charge in [-0.05, 0) is 6.92 Å². The van der Waals surface area contributed by atoms with Crippen LogP contribution in [0.2, 0.25) is 0 Å². The molecule has 0 aliphatic rings.